The van der Waals surface area contributed by atoms with Crippen LogP contribution in [-0.2, 0) is 29.0 Å². The van der Waals surface area contributed by atoms with Crippen molar-refractivity contribution in [1.82, 2.24) is 5.32 Å². The van der Waals surface area contributed by atoms with Crippen molar-refractivity contribution in [2.24, 2.45) is 0 Å². The zero-order chi connectivity index (χ0) is 20.9. The van der Waals surface area contributed by atoms with Gasteiger partial charge in [0.05, 0.1) is 6.61 Å². The Labute approximate surface area is 180 Å². The molecule has 0 fully saturated rings. The molecule has 0 radical (unpaired) electrons. The van der Waals surface area contributed by atoms with E-state index in [1.54, 1.807) is 12.1 Å². The van der Waals surface area contributed by atoms with Gasteiger partial charge in [-0.25, -0.2) is 9.18 Å². The van der Waals surface area contributed by atoms with E-state index in [1.807, 2.05) is 42.5 Å². The Morgan fingerprint density at radius 2 is 1.97 bits per heavy atom. The highest BCUT2D eigenvalue weighted by molar-refractivity contribution is 6.81. The molecule has 0 unspecified atom stereocenters. The van der Waals surface area contributed by atoms with Gasteiger partial charge in [-0.3, -0.25) is 0 Å². The zero-order valence-electron chi connectivity index (χ0n) is 16.2. The predicted octanol–water partition coefficient (Wildman–Crippen LogP) is 3.58. The molecule has 0 bridgehead atoms. The molecular formula is C23H20BClFNO3. The maximum Gasteiger partial charge on any atom is 0.407 e. The van der Waals surface area contributed by atoms with E-state index in [0.717, 1.165) is 28.5 Å². The molecule has 0 saturated carbocycles. The SMILES string of the molecule is O=C(NCCc1ccccc1)OCc1cc(B2OCc3cc(F)ccc32)ccc1Cl. The fourth-order valence-electron chi connectivity index (χ4n) is 3.51. The van der Waals surface area contributed by atoms with Crippen molar-refractivity contribution < 1.29 is 18.6 Å². The van der Waals surface area contributed by atoms with Gasteiger partial charge < -0.3 is 14.7 Å². The van der Waals surface area contributed by atoms with Crippen molar-refractivity contribution in [3.63, 3.8) is 0 Å². The second-order valence-electron chi connectivity index (χ2n) is 7.12. The highest BCUT2D eigenvalue weighted by Crippen LogP contribution is 2.18. The molecule has 0 atom stereocenters. The summed E-state index contributed by atoms with van der Waals surface area (Å²) < 4.78 is 24.6. The smallest absolute Gasteiger partial charge is 0.407 e. The first-order valence-electron chi connectivity index (χ1n) is 9.73. The van der Waals surface area contributed by atoms with Gasteiger partial charge in [-0.05, 0) is 46.7 Å². The molecule has 4 rings (SSSR count). The molecule has 0 saturated heterocycles. The molecule has 1 heterocycles. The molecule has 30 heavy (non-hydrogen) atoms. The Morgan fingerprint density at radius 1 is 1.13 bits per heavy atom. The summed E-state index contributed by atoms with van der Waals surface area (Å²) in [5.74, 6) is -0.276. The Balaban J connectivity index is 1.36. The van der Waals surface area contributed by atoms with Crippen LogP contribution in [0.3, 0.4) is 0 Å². The maximum absolute atomic E-state index is 13.4. The van der Waals surface area contributed by atoms with Gasteiger partial charge in [-0.15, -0.1) is 0 Å². The Morgan fingerprint density at radius 3 is 2.80 bits per heavy atom. The Bertz CT molecular complexity index is 1050. The maximum atomic E-state index is 13.4. The predicted molar refractivity (Wildman–Crippen MR) is 116 cm³/mol. The van der Waals surface area contributed by atoms with Crippen LogP contribution >= 0.6 is 11.6 Å². The van der Waals surface area contributed by atoms with Crippen molar-refractivity contribution in [2.75, 3.05) is 6.54 Å². The van der Waals surface area contributed by atoms with Crippen LogP contribution in [0.5, 0.6) is 0 Å². The van der Waals surface area contributed by atoms with Crippen LogP contribution in [-0.4, -0.2) is 19.6 Å². The molecule has 1 N–H and O–H groups in total. The molecule has 4 nitrogen and oxygen atoms in total. The molecule has 1 amide bonds. The third kappa shape index (κ3) is 4.83. The lowest BCUT2D eigenvalue weighted by molar-refractivity contribution is 0.140. The number of amides is 1. The number of carbonyl (C=O) groups excluding carboxylic acids is 1. The number of carbonyl (C=O) groups is 1. The molecule has 3 aromatic rings. The first kappa shape index (κ1) is 20.4. The van der Waals surface area contributed by atoms with Gasteiger partial charge in [-0.2, -0.15) is 0 Å². The number of ether oxygens (including phenoxy) is 1. The van der Waals surface area contributed by atoms with E-state index < -0.39 is 6.09 Å². The van der Waals surface area contributed by atoms with Crippen molar-refractivity contribution in [2.45, 2.75) is 19.6 Å². The van der Waals surface area contributed by atoms with Crippen molar-refractivity contribution >= 4 is 35.5 Å². The van der Waals surface area contributed by atoms with Crippen LogP contribution in [0.15, 0.2) is 66.7 Å². The lowest BCUT2D eigenvalue weighted by Crippen LogP contribution is -2.41. The first-order chi connectivity index (χ1) is 14.6. The summed E-state index contributed by atoms with van der Waals surface area (Å²) in [6.45, 7) is 0.597. The van der Waals surface area contributed by atoms with Gasteiger partial charge in [0.25, 0.3) is 0 Å². The largest absolute Gasteiger partial charge is 0.445 e. The quantitative estimate of drug-likeness (QED) is 0.617. The fourth-order valence-corrected chi connectivity index (χ4v) is 3.68. The monoisotopic (exact) mass is 423 g/mol. The fraction of sp³-hybridized carbons (Fsp3) is 0.174. The van der Waals surface area contributed by atoms with E-state index in [2.05, 4.69) is 5.32 Å². The normalized spacial score (nSPS) is 12.5. The van der Waals surface area contributed by atoms with Gasteiger partial charge in [0.2, 0.25) is 0 Å². The van der Waals surface area contributed by atoms with Crippen LogP contribution < -0.4 is 16.2 Å². The van der Waals surface area contributed by atoms with Gasteiger partial charge in [0.1, 0.15) is 12.4 Å². The molecule has 3 aromatic carbocycles. The molecule has 1 aliphatic rings. The minimum Gasteiger partial charge on any atom is -0.445 e. The average molecular weight is 424 g/mol. The van der Waals surface area contributed by atoms with Crippen LogP contribution in [0.25, 0.3) is 0 Å². The molecule has 0 aliphatic carbocycles. The molecule has 0 aromatic heterocycles. The second-order valence-corrected chi connectivity index (χ2v) is 7.53. The van der Waals surface area contributed by atoms with Gasteiger partial charge >= 0.3 is 13.0 Å². The third-order valence-electron chi connectivity index (χ3n) is 5.05. The number of alkyl carbamates (subject to hydrolysis) is 1. The van der Waals surface area contributed by atoms with Gasteiger partial charge in [0, 0.05) is 17.1 Å². The van der Waals surface area contributed by atoms with Crippen LogP contribution in [0, 0.1) is 5.82 Å². The van der Waals surface area contributed by atoms with E-state index in [4.69, 9.17) is 21.0 Å². The van der Waals surface area contributed by atoms with Crippen molar-refractivity contribution in [3.8, 4) is 0 Å². The van der Waals surface area contributed by atoms with Crippen LogP contribution in [0.1, 0.15) is 16.7 Å². The summed E-state index contributed by atoms with van der Waals surface area (Å²) in [6, 6.07) is 20.1. The molecular weight excluding hydrogens is 404 g/mol. The second kappa shape index (κ2) is 9.33. The summed E-state index contributed by atoms with van der Waals surface area (Å²) in [5, 5.41) is 3.25. The minimum atomic E-state index is -0.495. The summed E-state index contributed by atoms with van der Waals surface area (Å²) in [4.78, 5) is 12.0. The number of hydrogen-bond donors (Lipinski definition) is 1. The van der Waals surface area contributed by atoms with Crippen molar-refractivity contribution in [1.29, 1.82) is 0 Å². The van der Waals surface area contributed by atoms with E-state index in [0.29, 0.717) is 23.7 Å². The number of benzene rings is 3. The van der Waals surface area contributed by atoms with E-state index >= 15 is 0 Å². The van der Waals surface area contributed by atoms with Crippen LogP contribution in [0.4, 0.5) is 9.18 Å². The average Bonchev–Trinajstić information content (AvgIpc) is 3.17. The summed E-state index contributed by atoms with van der Waals surface area (Å²) in [5.41, 5.74) is 4.49. The van der Waals surface area contributed by atoms with E-state index in [9.17, 15) is 9.18 Å². The van der Waals surface area contributed by atoms with E-state index in [-0.39, 0.29) is 19.3 Å². The van der Waals surface area contributed by atoms with Gasteiger partial charge in [0.15, 0.2) is 0 Å². The molecule has 1 aliphatic heterocycles. The number of fused-ring (bicyclic) bond motifs is 1. The van der Waals surface area contributed by atoms with Gasteiger partial charge in [-0.1, -0.05) is 60.1 Å². The Hall–Kier alpha value is -2.83. The number of nitrogens with one attached hydrogen (secondary N) is 1. The first-order valence-corrected chi connectivity index (χ1v) is 10.1. The van der Waals surface area contributed by atoms with Crippen LogP contribution in [0.2, 0.25) is 5.02 Å². The van der Waals surface area contributed by atoms with E-state index in [1.165, 1.54) is 12.1 Å². The summed E-state index contributed by atoms with van der Waals surface area (Å²) in [6.07, 6.45) is 0.232. The molecule has 7 heteroatoms. The van der Waals surface area contributed by atoms with Crippen molar-refractivity contribution in [3.05, 3.63) is 94.3 Å². The molecule has 0 spiro atoms. The highest BCUT2D eigenvalue weighted by atomic mass is 35.5. The number of hydrogen-bond acceptors (Lipinski definition) is 3. The minimum absolute atomic E-state index is 0.0485. The summed E-state index contributed by atoms with van der Waals surface area (Å²) >= 11 is 6.29. The topological polar surface area (TPSA) is 47.6 Å². The summed E-state index contributed by atoms with van der Waals surface area (Å²) in [7, 11) is 0. The zero-order valence-corrected chi connectivity index (χ0v) is 17.0. The molecule has 152 valence electrons. The highest BCUT2D eigenvalue weighted by Gasteiger charge is 2.30. The third-order valence-corrected chi connectivity index (χ3v) is 5.42. The number of halogens is 2. The lowest BCUT2D eigenvalue weighted by atomic mass is 9.55. The Kier molecular flexibility index (Phi) is 6.36. The number of rotatable bonds is 6. The standard InChI is InChI=1S/C23H20BClFNO3/c25-22-9-6-19(24-21-8-7-20(26)13-17(21)15-30-24)12-18(22)14-29-23(28)27-11-10-16-4-2-1-3-5-16/h1-9,12-13H,10-11,14-15H2,(H,27,28). The lowest BCUT2D eigenvalue weighted by Gasteiger charge is -2.12.